The van der Waals surface area contributed by atoms with Crippen LogP contribution in [0.3, 0.4) is 0 Å². The number of rotatable bonds is 5. The summed E-state index contributed by atoms with van der Waals surface area (Å²) in [5.41, 5.74) is 6.34. The van der Waals surface area contributed by atoms with Crippen molar-refractivity contribution in [3.8, 4) is 5.75 Å². The van der Waals surface area contributed by atoms with Gasteiger partial charge in [0.25, 0.3) is 0 Å². The Bertz CT molecular complexity index is 1000. The lowest BCUT2D eigenvalue weighted by molar-refractivity contribution is -0.129. The minimum absolute atomic E-state index is 0.0484. The van der Waals surface area contributed by atoms with Crippen LogP contribution in [0.15, 0.2) is 60.7 Å². The molecule has 1 atom stereocenters. The fourth-order valence-corrected chi connectivity index (χ4v) is 2.86. The highest BCUT2D eigenvalue weighted by Crippen LogP contribution is 2.25. The molecule has 0 heterocycles. The molecule has 3 aromatic carbocycles. The maximum atomic E-state index is 12.9. The van der Waals surface area contributed by atoms with E-state index in [1.807, 2.05) is 36.4 Å². The van der Waals surface area contributed by atoms with Gasteiger partial charge in [0.1, 0.15) is 11.6 Å². The van der Waals surface area contributed by atoms with Crippen LogP contribution in [0.5, 0.6) is 5.75 Å². The molecule has 0 saturated heterocycles. The Morgan fingerprint density at radius 3 is 2.36 bits per heavy atom. The number of hydrogen-bond acceptors (Lipinski definition) is 3. The van der Waals surface area contributed by atoms with Crippen LogP contribution in [-0.2, 0) is 16.0 Å². The summed E-state index contributed by atoms with van der Waals surface area (Å²) in [6, 6.07) is 17.1. The number of hydrogen-bond donors (Lipinski definition) is 2. The number of carbonyl (C=O) groups is 2. The van der Waals surface area contributed by atoms with Crippen molar-refractivity contribution in [2.75, 3.05) is 7.11 Å². The molecule has 6 heteroatoms. The van der Waals surface area contributed by atoms with Crippen LogP contribution >= 0.6 is 0 Å². The van der Waals surface area contributed by atoms with Gasteiger partial charge in [-0.25, -0.2) is 4.39 Å². The van der Waals surface area contributed by atoms with Gasteiger partial charge in [0.15, 0.2) is 0 Å². The third-order valence-electron chi connectivity index (χ3n) is 4.57. The Labute approximate surface area is 162 Å². The van der Waals surface area contributed by atoms with E-state index in [1.165, 1.54) is 24.3 Å². The van der Waals surface area contributed by atoms with Crippen molar-refractivity contribution in [2.45, 2.75) is 19.3 Å². The third-order valence-corrected chi connectivity index (χ3v) is 4.57. The van der Waals surface area contributed by atoms with Gasteiger partial charge in [-0.05, 0) is 53.1 Å². The molecule has 0 radical (unpaired) electrons. The molecule has 0 aliphatic rings. The van der Waals surface area contributed by atoms with Crippen LogP contribution in [0.25, 0.3) is 10.8 Å². The Balaban J connectivity index is 1.59. The molecule has 0 unspecified atom stereocenters. The maximum Gasteiger partial charge on any atom is 0.245 e. The first kappa shape index (κ1) is 19.4. The molecule has 3 aromatic rings. The highest BCUT2D eigenvalue weighted by Gasteiger charge is 2.16. The van der Waals surface area contributed by atoms with E-state index in [0.717, 1.165) is 22.1 Å². The lowest BCUT2D eigenvalue weighted by atomic mass is 9.97. The summed E-state index contributed by atoms with van der Waals surface area (Å²) in [6.07, 6.45) is 0.0484. The van der Waals surface area contributed by atoms with Gasteiger partial charge in [0.2, 0.25) is 11.8 Å². The van der Waals surface area contributed by atoms with Crippen molar-refractivity contribution < 1.29 is 18.7 Å². The highest BCUT2D eigenvalue weighted by atomic mass is 19.1. The third kappa shape index (κ3) is 4.65. The molecule has 0 spiro atoms. The molecular weight excluding hydrogens is 359 g/mol. The van der Waals surface area contributed by atoms with E-state index in [2.05, 4.69) is 10.9 Å². The lowest BCUT2D eigenvalue weighted by Crippen LogP contribution is -2.44. The monoisotopic (exact) mass is 380 g/mol. The first-order valence-electron chi connectivity index (χ1n) is 8.87. The van der Waals surface area contributed by atoms with Gasteiger partial charge in [-0.1, -0.05) is 36.4 Å². The second kappa shape index (κ2) is 8.52. The molecule has 0 aliphatic carbocycles. The normalized spacial score (nSPS) is 11.7. The van der Waals surface area contributed by atoms with Crippen LogP contribution in [-0.4, -0.2) is 18.9 Å². The number of nitrogens with one attached hydrogen (secondary N) is 2. The molecule has 5 nitrogen and oxygen atoms in total. The van der Waals surface area contributed by atoms with Crippen LogP contribution in [0.1, 0.15) is 24.0 Å². The van der Waals surface area contributed by atoms with Crippen LogP contribution in [0.4, 0.5) is 4.39 Å². The molecule has 2 N–H and O–H groups in total. The van der Waals surface area contributed by atoms with Crippen molar-refractivity contribution in [2.24, 2.45) is 0 Å². The zero-order valence-electron chi connectivity index (χ0n) is 15.7. The number of amides is 2. The predicted octanol–water partition coefficient (Wildman–Crippen LogP) is 3.48. The number of methoxy groups -OCH3 is 1. The van der Waals surface area contributed by atoms with Gasteiger partial charge >= 0.3 is 0 Å². The molecule has 3 rings (SSSR count). The summed E-state index contributed by atoms with van der Waals surface area (Å²) >= 11 is 0. The minimum Gasteiger partial charge on any atom is -0.497 e. The summed E-state index contributed by atoms with van der Waals surface area (Å²) in [4.78, 5) is 24.4. The largest absolute Gasteiger partial charge is 0.497 e. The number of benzene rings is 3. The molecule has 0 aromatic heterocycles. The number of carbonyl (C=O) groups excluding carboxylic acids is 2. The Morgan fingerprint density at radius 1 is 0.964 bits per heavy atom. The van der Waals surface area contributed by atoms with E-state index in [-0.39, 0.29) is 24.1 Å². The number of ether oxygens (including phenoxy) is 1. The molecule has 2 amide bonds. The van der Waals surface area contributed by atoms with Gasteiger partial charge in [0, 0.05) is 0 Å². The zero-order chi connectivity index (χ0) is 20.1. The van der Waals surface area contributed by atoms with E-state index < -0.39 is 5.92 Å². The molecule has 0 bridgehead atoms. The van der Waals surface area contributed by atoms with Gasteiger partial charge < -0.3 is 4.74 Å². The number of fused-ring (bicyclic) bond motifs is 1. The predicted molar refractivity (Wildman–Crippen MR) is 105 cm³/mol. The second-order valence-electron chi connectivity index (χ2n) is 6.53. The SMILES string of the molecule is COc1ccc2cc([C@H](C)C(=O)NNC(=O)Cc3ccc(F)cc3)ccc2c1. The summed E-state index contributed by atoms with van der Waals surface area (Å²) in [6.45, 7) is 1.77. The Morgan fingerprint density at radius 2 is 1.64 bits per heavy atom. The lowest BCUT2D eigenvalue weighted by Gasteiger charge is -2.14. The topological polar surface area (TPSA) is 67.4 Å². The van der Waals surface area contributed by atoms with E-state index >= 15 is 0 Å². The van der Waals surface area contributed by atoms with Crippen molar-refractivity contribution in [1.82, 2.24) is 10.9 Å². The van der Waals surface area contributed by atoms with Crippen LogP contribution in [0, 0.1) is 5.82 Å². The average Bonchev–Trinajstić information content (AvgIpc) is 2.72. The van der Waals surface area contributed by atoms with E-state index in [4.69, 9.17) is 4.74 Å². The standard InChI is InChI=1S/C22H21FN2O3/c1-14(16-5-6-18-13-20(28-2)10-7-17(18)12-16)22(27)25-24-21(26)11-15-3-8-19(23)9-4-15/h3-10,12-14H,11H2,1-2H3,(H,24,26)(H,25,27)/t14-/m0/s1. The quantitative estimate of drug-likeness (QED) is 0.666. The van der Waals surface area contributed by atoms with Crippen LogP contribution in [0.2, 0.25) is 0 Å². The fraction of sp³-hybridized carbons (Fsp3) is 0.182. The summed E-state index contributed by atoms with van der Waals surface area (Å²) < 4.78 is 18.1. The van der Waals surface area contributed by atoms with Crippen molar-refractivity contribution in [3.05, 3.63) is 77.6 Å². The van der Waals surface area contributed by atoms with E-state index in [1.54, 1.807) is 14.0 Å². The minimum atomic E-state index is -0.447. The van der Waals surface area contributed by atoms with Gasteiger partial charge in [0.05, 0.1) is 19.4 Å². The Kier molecular flexibility index (Phi) is 5.89. The van der Waals surface area contributed by atoms with Gasteiger partial charge in [-0.15, -0.1) is 0 Å². The molecule has 0 saturated carbocycles. The summed E-state index contributed by atoms with van der Waals surface area (Å²) in [7, 11) is 1.62. The molecule has 0 fully saturated rings. The van der Waals surface area contributed by atoms with Gasteiger partial charge in [-0.3, -0.25) is 20.4 Å². The molecular formula is C22H21FN2O3. The average molecular weight is 380 g/mol. The highest BCUT2D eigenvalue weighted by molar-refractivity contribution is 5.89. The second-order valence-corrected chi connectivity index (χ2v) is 6.53. The zero-order valence-corrected chi connectivity index (χ0v) is 15.7. The van der Waals surface area contributed by atoms with Crippen molar-refractivity contribution in [3.63, 3.8) is 0 Å². The van der Waals surface area contributed by atoms with Crippen LogP contribution < -0.4 is 15.6 Å². The smallest absolute Gasteiger partial charge is 0.245 e. The van der Waals surface area contributed by atoms with Gasteiger partial charge in [-0.2, -0.15) is 0 Å². The van der Waals surface area contributed by atoms with E-state index in [0.29, 0.717) is 5.56 Å². The molecule has 28 heavy (non-hydrogen) atoms. The number of halogens is 1. The first-order chi connectivity index (χ1) is 13.5. The number of hydrazine groups is 1. The molecule has 144 valence electrons. The molecule has 0 aliphatic heterocycles. The fourth-order valence-electron chi connectivity index (χ4n) is 2.86. The first-order valence-corrected chi connectivity index (χ1v) is 8.87. The van der Waals surface area contributed by atoms with Crippen molar-refractivity contribution >= 4 is 22.6 Å². The Hall–Kier alpha value is -3.41. The van der Waals surface area contributed by atoms with Crippen molar-refractivity contribution in [1.29, 1.82) is 0 Å². The maximum absolute atomic E-state index is 12.9. The summed E-state index contributed by atoms with van der Waals surface area (Å²) in [5.74, 6) is -0.731. The van der Waals surface area contributed by atoms with E-state index in [9.17, 15) is 14.0 Å². The summed E-state index contributed by atoms with van der Waals surface area (Å²) in [5, 5.41) is 2.02.